The molecule has 0 spiro atoms. The predicted molar refractivity (Wildman–Crippen MR) is 113 cm³/mol. The normalized spacial score (nSPS) is 14.6. The molecule has 9 heteroatoms. The highest BCUT2D eigenvalue weighted by Gasteiger charge is 2.24. The van der Waals surface area contributed by atoms with Gasteiger partial charge in [0.15, 0.2) is 0 Å². The standard InChI is InChI=1S/C21H27ClN4O4/c1-15-19(16(2)30-24-15)13-21(28)26-9-7-25(8-10-26)14-20(27)23-6-11-29-18-5-3-4-17(22)12-18/h3-5,12H,6-11,13-14H2,1-2H3,(H,23,27). The van der Waals surface area contributed by atoms with Crippen LogP contribution in [0.15, 0.2) is 28.8 Å². The molecule has 1 N–H and O–H groups in total. The first-order valence-electron chi connectivity index (χ1n) is 9.99. The van der Waals surface area contributed by atoms with Gasteiger partial charge >= 0.3 is 0 Å². The van der Waals surface area contributed by atoms with Crippen LogP contribution in [0, 0.1) is 13.8 Å². The third kappa shape index (κ3) is 6.21. The van der Waals surface area contributed by atoms with E-state index in [-0.39, 0.29) is 11.8 Å². The number of aryl methyl sites for hydroxylation is 2. The lowest BCUT2D eigenvalue weighted by atomic mass is 10.1. The summed E-state index contributed by atoms with van der Waals surface area (Å²) < 4.78 is 10.7. The lowest BCUT2D eigenvalue weighted by Gasteiger charge is -2.34. The molecule has 8 nitrogen and oxygen atoms in total. The van der Waals surface area contributed by atoms with E-state index in [4.69, 9.17) is 20.9 Å². The molecule has 1 aliphatic heterocycles. The first-order chi connectivity index (χ1) is 14.4. The minimum Gasteiger partial charge on any atom is -0.492 e. The van der Waals surface area contributed by atoms with Gasteiger partial charge in [-0.15, -0.1) is 0 Å². The van der Waals surface area contributed by atoms with Crippen molar-refractivity contribution in [3.05, 3.63) is 46.3 Å². The van der Waals surface area contributed by atoms with Crippen LogP contribution in [0.3, 0.4) is 0 Å². The molecule has 2 aromatic rings. The highest BCUT2D eigenvalue weighted by atomic mass is 35.5. The van der Waals surface area contributed by atoms with Gasteiger partial charge in [0.25, 0.3) is 0 Å². The van der Waals surface area contributed by atoms with Gasteiger partial charge in [-0.1, -0.05) is 22.8 Å². The van der Waals surface area contributed by atoms with Crippen LogP contribution in [0.25, 0.3) is 0 Å². The molecule has 0 unspecified atom stereocenters. The van der Waals surface area contributed by atoms with Crippen LogP contribution in [-0.4, -0.2) is 72.6 Å². The molecular formula is C21H27ClN4O4. The number of carbonyl (C=O) groups excluding carboxylic acids is 2. The molecule has 2 amide bonds. The van der Waals surface area contributed by atoms with Crippen LogP contribution in [0.2, 0.25) is 5.02 Å². The number of nitrogens with zero attached hydrogens (tertiary/aromatic N) is 3. The second-order valence-electron chi connectivity index (χ2n) is 7.29. The van der Waals surface area contributed by atoms with Crippen LogP contribution in [-0.2, 0) is 16.0 Å². The highest BCUT2D eigenvalue weighted by Crippen LogP contribution is 2.17. The Bertz CT molecular complexity index is 858. The Balaban J connectivity index is 1.33. The highest BCUT2D eigenvalue weighted by molar-refractivity contribution is 6.30. The Morgan fingerprint density at radius 1 is 1.23 bits per heavy atom. The molecule has 162 valence electrons. The van der Waals surface area contributed by atoms with E-state index in [2.05, 4.69) is 10.5 Å². The largest absolute Gasteiger partial charge is 0.492 e. The molecule has 0 radical (unpaired) electrons. The number of rotatable bonds is 8. The molecule has 1 aromatic carbocycles. The molecule has 1 fully saturated rings. The summed E-state index contributed by atoms with van der Waals surface area (Å²) in [6.45, 7) is 7.30. The average Bonchev–Trinajstić information content (AvgIpc) is 3.04. The Hall–Kier alpha value is -2.58. The van der Waals surface area contributed by atoms with Crippen molar-refractivity contribution in [2.45, 2.75) is 20.3 Å². The number of halogens is 1. The summed E-state index contributed by atoms with van der Waals surface area (Å²) in [5.41, 5.74) is 1.62. The fourth-order valence-corrected chi connectivity index (χ4v) is 3.53. The maximum atomic E-state index is 12.5. The summed E-state index contributed by atoms with van der Waals surface area (Å²) in [7, 11) is 0. The SMILES string of the molecule is Cc1noc(C)c1CC(=O)N1CCN(CC(=O)NCCOc2cccc(Cl)c2)CC1. The van der Waals surface area contributed by atoms with Crippen molar-refractivity contribution in [2.75, 3.05) is 45.9 Å². The van der Waals surface area contributed by atoms with E-state index in [1.165, 1.54) is 0 Å². The van der Waals surface area contributed by atoms with Gasteiger partial charge in [-0.25, -0.2) is 0 Å². The fourth-order valence-electron chi connectivity index (χ4n) is 3.35. The first-order valence-corrected chi connectivity index (χ1v) is 10.4. The molecule has 0 bridgehead atoms. The fraction of sp³-hybridized carbons (Fsp3) is 0.476. The van der Waals surface area contributed by atoms with E-state index in [1.54, 1.807) is 12.1 Å². The predicted octanol–water partition coefficient (Wildman–Crippen LogP) is 1.83. The maximum Gasteiger partial charge on any atom is 0.234 e. The van der Waals surface area contributed by atoms with E-state index < -0.39 is 0 Å². The van der Waals surface area contributed by atoms with E-state index >= 15 is 0 Å². The lowest BCUT2D eigenvalue weighted by molar-refractivity contribution is -0.132. The summed E-state index contributed by atoms with van der Waals surface area (Å²) in [5, 5.41) is 7.36. The third-order valence-electron chi connectivity index (χ3n) is 5.09. The van der Waals surface area contributed by atoms with Crippen LogP contribution in [0.5, 0.6) is 5.75 Å². The van der Waals surface area contributed by atoms with E-state index in [0.717, 1.165) is 11.3 Å². The second kappa shape index (κ2) is 10.4. The molecule has 2 heterocycles. The summed E-state index contributed by atoms with van der Waals surface area (Å²) in [5.74, 6) is 1.37. The number of nitrogens with one attached hydrogen (secondary N) is 1. The molecule has 1 aliphatic rings. The molecule has 0 saturated carbocycles. The van der Waals surface area contributed by atoms with E-state index in [9.17, 15) is 9.59 Å². The van der Waals surface area contributed by atoms with Gasteiger partial charge in [0.2, 0.25) is 11.8 Å². The van der Waals surface area contributed by atoms with Gasteiger partial charge in [-0.2, -0.15) is 0 Å². The minimum atomic E-state index is -0.0554. The Morgan fingerprint density at radius 3 is 2.67 bits per heavy atom. The summed E-state index contributed by atoms with van der Waals surface area (Å²) in [6.07, 6.45) is 0.300. The smallest absolute Gasteiger partial charge is 0.234 e. The lowest BCUT2D eigenvalue weighted by Crippen LogP contribution is -2.51. The van der Waals surface area contributed by atoms with Crippen molar-refractivity contribution in [1.82, 2.24) is 20.3 Å². The monoisotopic (exact) mass is 434 g/mol. The van der Waals surface area contributed by atoms with Gasteiger partial charge in [0.1, 0.15) is 18.1 Å². The van der Waals surface area contributed by atoms with Crippen molar-refractivity contribution in [3.8, 4) is 5.75 Å². The van der Waals surface area contributed by atoms with Crippen molar-refractivity contribution < 1.29 is 18.8 Å². The topological polar surface area (TPSA) is 87.9 Å². The zero-order chi connectivity index (χ0) is 21.5. The van der Waals surface area contributed by atoms with Gasteiger partial charge in [-0.3, -0.25) is 14.5 Å². The quantitative estimate of drug-likeness (QED) is 0.638. The number of hydrogen-bond donors (Lipinski definition) is 1. The van der Waals surface area contributed by atoms with Crippen LogP contribution in [0.4, 0.5) is 0 Å². The second-order valence-corrected chi connectivity index (χ2v) is 7.73. The zero-order valence-electron chi connectivity index (χ0n) is 17.3. The molecule has 1 aromatic heterocycles. The van der Waals surface area contributed by atoms with Crippen molar-refractivity contribution in [2.24, 2.45) is 0 Å². The average molecular weight is 435 g/mol. The van der Waals surface area contributed by atoms with Crippen molar-refractivity contribution in [1.29, 1.82) is 0 Å². The number of piperazine rings is 1. The third-order valence-corrected chi connectivity index (χ3v) is 5.33. The van der Waals surface area contributed by atoms with Crippen molar-refractivity contribution >= 4 is 23.4 Å². The van der Waals surface area contributed by atoms with Gasteiger partial charge in [-0.05, 0) is 32.0 Å². The van der Waals surface area contributed by atoms with Crippen LogP contribution < -0.4 is 10.1 Å². The van der Waals surface area contributed by atoms with Gasteiger partial charge < -0.3 is 19.5 Å². The molecule has 30 heavy (non-hydrogen) atoms. The number of ether oxygens (including phenoxy) is 1. The van der Waals surface area contributed by atoms with Gasteiger partial charge in [0, 0.05) is 36.8 Å². The number of benzene rings is 1. The zero-order valence-corrected chi connectivity index (χ0v) is 18.1. The van der Waals surface area contributed by atoms with Crippen LogP contribution >= 0.6 is 11.6 Å². The molecular weight excluding hydrogens is 408 g/mol. The molecule has 0 aliphatic carbocycles. The Kier molecular flexibility index (Phi) is 7.70. The molecule has 1 saturated heterocycles. The van der Waals surface area contributed by atoms with E-state index in [0.29, 0.717) is 68.8 Å². The first kappa shape index (κ1) is 22.1. The number of amides is 2. The summed E-state index contributed by atoms with van der Waals surface area (Å²) in [4.78, 5) is 28.6. The summed E-state index contributed by atoms with van der Waals surface area (Å²) >= 11 is 5.91. The number of hydrogen-bond acceptors (Lipinski definition) is 6. The number of aromatic nitrogens is 1. The maximum absolute atomic E-state index is 12.5. The molecule has 0 atom stereocenters. The summed E-state index contributed by atoms with van der Waals surface area (Å²) in [6, 6.07) is 7.14. The van der Waals surface area contributed by atoms with Gasteiger partial charge in [0.05, 0.1) is 25.2 Å². The minimum absolute atomic E-state index is 0.0554. The Morgan fingerprint density at radius 2 is 2.00 bits per heavy atom. The van der Waals surface area contributed by atoms with E-state index in [1.807, 2.05) is 35.8 Å². The van der Waals surface area contributed by atoms with Crippen LogP contribution in [0.1, 0.15) is 17.0 Å². The molecule has 3 rings (SSSR count). The Labute approximate surface area is 181 Å². The number of carbonyl (C=O) groups is 2. The van der Waals surface area contributed by atoms with Crippen molar-refractivity contribution in [3.63, 3.8) is 0 Å².